The summed E-state index contributed by atoms with van der Waals surface area (Å²) in [7, 11) is 0. The molecule has 0 amide bonds. The first kappa shape index (κ1) is 15.4. The highest BCUT2D eigenvalue weighted by molar-refractivity contribution is 5.86. The Morgan fingerprint density at radius 2 is 1.83 bits per heavy atom. The summed E-state index contributed by atoms with van der Waals surface area (Å²) in [5.74, 6) is 0. The largest absolute Gasteiger partial charge is 0.345 e. The summed E-state index contributed by atoms with van der Waals surface area (Å²) in [6.45, 7) is 3.12. The van der Waals surface area contributed by atoms with Crippen LogP contribution in [0.3, 0.4) is 0 Å². The summed E-state index contributed by atoms with van der Waals surface area (Å²) in [4.78, 5) is 7.61. The van der Waals surface area contributed by atoms with Crippen LogP contribution in [-0.4, -0.2) is 16.0 Å². The van der Waals surface area contributed by atoms with Gasteiger partial charge in [0, 0.05) is 12.6 Å². The predicted octanol–water partition coefficient (Wildman–Crippen LogP) is 4.96. The monoisotopic (exact) mass is 319 g/mol. The van der Waals surface area contributed by atoms with Crippen molar-refractivity contribution in [3.05, 3.63) is 53.9 Å². The number of rotatable bonds is 4. The van der Waals surface area contributed by atoms with E-state index in [4.69, 9.17) is 0 Å². The maximum absolute atomic E-state index is 4.44. The SMILES string of the molecule is Cc1c(-c2ccc(CNC3CCCCC3)cc2)ccc2[nH]cnc12. The number of aryl methyl sites for hydroxylation is 1. The van der Waals surface area contributed by atoms with Gasteiger partial charge >= 0.3 is 0 Å². The highest BCUT2D eigenvalue weighted by atomic mass is 14.9. The minimum Gasteiger partial charge on any atom is -0.345 e. The van der Waals surface area contributed by atoms with Gasteiger partial charge in [0.15, 0.2) is 0 Å². The smallest absolute Gasteiger partial charge is 0.0931 e. The van der Waals surface area contributed by atoms with Crippen LogP contribution in [0.5, 0.6) is 0 Å². The van der Waals surface area contributed by atoms with Crippen molar-refractivity contribution in [2.45, 2.75) is 51.6 Å². The van der Waals surface area contributed by atoms with Gasteiger partial charge in [-0.25, -0.2) is 4.98 Å². The van der Waals surface area contributed by atoms with Gasteiger partial charge in [-0.2, -0.15) is 0 Å². The molecule has 0 spiro atoms. The third-order valence-electron chi connectivity index (χ3n) is 5.31. The molecule has 0 radical (unpaired) electrons. The lowest BCUT2D eigenvalue weighted by atomic mass is 9.95. The van der Waals surface area contributed by atoms with Crippen molar-refractivity contribution < 1.29 is 0 Å². The molecule has 0 bridgehead atoms. The second-order valence-electron chi connectivity index (χ2n) is 6.95. The Bertz CT molecular complexity index is 811. The molecular formula is C21H25N3. The molecule has 1 saturated carbocycles. The maximum atomic E-state index is 4.44. The van der Waals surface area contributed by atoms with Gasteiger partial charge in [-0.3, -0.25) is 0 Å². The van der Waals surface area contributed by atoms with Crippen LogP contribution in [0.1, 0.15) is 43.2 Å². The van der Waals surface area contributed by atoms with Gasteiger partial charge in [0.2, 0.25) is 0 Å². The summed E-state index contributed by atoms with van der Waals surface area (Å²) in [6, 6.07) is 14.0. The van der Waals surface area contributed by atoms with Crippen molar-refractivity contribution in [2.24, 2.45) is 0 Å². The Morgan fingerprint density at radius 3 is 2.62 bits per heavy atom. The zero-order valence-electron chi connectivity index (χ0n) is 14.3. The van der Waals surface area contributed by atoms with E-state index in [-0.39, 0.29) is 0 Å². The second kappa shape index (κ2) is 6.78. The predicted molar refractivity (Wildman–Crippen MR) is 100.0 cm³/mol. The van der Waals surface area contributed by atoms with Gasteiger partial charge in [-0.05, 0) is 48.1 Å². The van der Waals surface area contributed by atoms with Crippen molar-refractivity contribution in [1.29, 1.82) is 0 Å². The Morgan fingerprint density at radius 1 is 1.04 bits per heavy atom. The van der Waals surface area contributed by atoms with Crippen LogP contribution in [-0.2, 0) is 6.54 Å². The highest BCUT2D eigenvalue weighted by Gasteiger charge is 2.12. The molecule has 2 aromatic carbocycles. The first-order chi connectivity index (χ1) is 11.8. The van der Waals surface area contributed by atoms with Crippen LogP contribution in [0.15, 0.2) is 42.7 Å². The first-order valence-corrected chi connectivity index (χ1v) is 9.06. The summed E-state index contributed by atoms with van der Waals surface area (Å²) < 4.78 is 0. The van der Waals surface area contributed by atoms with Crippen LogP contribution in [0.4, 0.5) is 0 Å². The van der Waals surface area contributed by atoms with E-state index in [0.717, 1.165) is 17.6 Å². The summed E-state index contributed by atoms with van der Waals surface area (Å²) in [6.07, 6.45) is 8.60. The molecule has 1 aromatic heterocycles. The van der Waals surface area contributed by atoms with E-state index < -0.39 is 0 Å². The van der Waals surface area contributed by atoms with Crippen molar-refractivity contribution in [1.82, 2.24) is 15.3 Å². The molecule has 0 aliphatic heterocycles. The quantitative estimate of drug-likeness (QED) is 0.713. The van der Waals surface area contributed by atoms with E-state index in [2.05, 4.69) is 58.6 Å². The fourth-order valence-corrected chi connectivity index (χ4v) is 3.83. The molecule has 3 heteroatoms. The van der Waals surface area contributed by atoms with Gasteiger partial charge in [0.1, 0.15) is 0 Å². The van der Waals surface area contributed by atoms with E-state index in [1.165, 1.54) is 54.4 Å². The Kier molecular flexibility index (Phi) is 4.35. The number of H-pyrrole nitrogens is 1. The standard InChI is InChI=1S/C21H25N3/c1-15-19(11-12-20-21(15)24-14-23-20)17-9-7-16(8-10-17)13-22-18-5-3-2-4-6-18/h7-12,14,18,22H,2-6,13H2,1H3,(H,23,24). The van der Waals surface area contributed by atoms with E-state index in [1.54, 1.807) is 6.33 Å². The fraction of sp³-hybridized carbons (Fsp3) is 0.381. The Hall–Kier alpha value is -2.13. The Labute approximate surface area is 143 Å². The lowest BCUT2D eigenvalue weighted by Gasteiger charge is -2.22. The molecular weight excluding hydrogens is 294 g/mol. The lowest BCUT2D eigenvalue weighted by molar-refractivity contribution is 0.372. The third kappa shape index (κ3) is 3.09. The van der Waals surface area contributed by atoms with Gasteiger partial charge in [-0.15, -0.1) is 0 Å². The number of benzene rings is 2. The third-order valence-corrected chi connectivity index (χ3v) is 5.31. The van der Waals surface area contributed by atoms with E-state index in [1.807, 2.05) is 0 Å². The summed E-state index contributed by atoms with van der Waals surface area (Å²) in [5.41, 5.74) is 7.30. The molecule has 1 heterocycles. The molecule has 24 heavy (non-hydrogen) atoms. The number of aromatic amines is 1. The number of hydrogen-bond donors (Lipinski definition) is 2. The molecule has 4 rings (SSSR count). The molecule has 1 fully saturated rings. The number of imidazole rings is 1. The van der Waals surface area contributed by atoms with Crippen molar-refractivity contribution in [2.75, 3.05) is 0 Å². The van der Waals surface area contributed by atoms with Crippen LogP contribution in [0, 0.1) is 6.92 Å². The topological polar surface area (TPSA) is 40.7 Å². The van der Waals surface area contributed by atoms with Gasteiger partial charge in [0.05, 0.1) is 17.4 Å². The number of nitrogens with zero attached hydrogens (tertiary/aromatic N) is 1. The summed E-state index contributed by atoms with van der Waals surface area (Å²) in [5, 5.41) is 3.72. The highest BCUT2D eigenvalue weighted by Crippen LogP contribution is 2.28. The normalized spacial score (nSPS) is 15.9. The van der Waals surface area contributed by atoms with Crippen molar-refractivity contribution in [3.63, 3.8) is 0 Å². The van der Waals surface area contributed by atoms with Crippen LogP contribution < -0.4 is 5.32 Å². The second-order valence-corrected chi connectivity index (χ2v) is 6.95. The summed E-state index contributed by atoms with van der Waals surface area (Å²) >= 11 is 0. The number of nitrogens with one attached hydrogen (secondary N) is 2. The average molecular weight is 319 g/mol. The fourth-order valence-electron chi connectivity index (χ4n) is 3.83. The molecule has 3 aromatic rings. The first-order valence-electron chi connectivity index (χ1n) is 9.06. The van der Waals surface area contributed by atoms with Gasteiger partial charge in [0.25, 0.3) is 0 Å². The number of fused-ring (bicyclic) bond motifs is 1. The molecule has 1 aliphatic rings. The maximum Gasteiger partial charge on any atom is 0.0931 e. The number of hydrogen-bond acceptors (Lipinski definition) is 2. The minimum atomic E-state index is 0.711. The molecule has 0 atom stereocenters. The average Bonchev–Trinajstić information content (AvgIpc) is 3.12. The van der Waals surface area contributed by atoms with E-state index in [9.17, 15) is 0 Å². The molecule has 0 unspecified atom stereocenters. The van der Waals surface area contributed by atoms with Gasteiger partial charge < -0.3 is 10.3 Å². The number of aromatic nitrogens is 2. The Balaban J connectivity index is 1.49. The van der Waals surface area contributed by atoms with Crippen molar-refractivity contribution in [3.8, 4) is 11.1 Å². The van der Waals surface area contributed by atoms with Crippen LogP contribution in [0.25, 0.3) is 22.2 Å². The zero-order chi connectivity index (χ0) is 16.4. The van der Waals surface area contributed by atoms with E-state index >= 15 is 0 Å². The van der Waals surface area contributed by atoms with Gasteiger partial charge in [-0.1, -0.05) is 49.6 Å². The molecule has 1 aliphatic carbocycles. The molecule has 124 valence electrons. The zero-order valence-corrected chi connectivity index (χ0v) is 14.3. The van der Waals surface area contributed by atoms with Crippen molar-refractivity contribution >= 4 is 11.0 Å². The van der Waals surface area contributed by atoms with E-state index in [0.29, 0.717) is 6.04 Å². The van der Waals surface area contributed by atoms with Crippen LogP contribution in [0.2, 0.25) is 0 Å². The molecule has 0 saturated heterocycles. The lowest BCUT2D eigenvalue weighted by Crippen LogP contribution is -2.30. The minimum absolute atomic E-state index is 0.711. The molecule has 2 N–H and O–H groups in total. The van der Waals surface area contributed by atoms with Crippen LogP contribution >= 0.6 is 0 Å². The molecule has 3 nitrogen and oxygen atoms in total.